The normalized spacial score (nSPS) is 10.9. The first kappa shape index (κ1) is 10.3. The van der Waals surface area contributed by atoms with Crippen LogP contribution in [0.4, 0.5) is 4.39 Å². The highest BCUT2D eigenvalue weighted by Gasteiger charge is 2.09. The monoisotopic (exact) mass is 221 g/mol. The summed E-state index contributed by atoms with van der Waals surface area (Å²) in [4.78, 5) is 4.13. The molecule has 15 heavy (non-hydrogen) atoms. The Hall–Kier alpha value is -1.22. The van der Waals surface area contributed by atoms with Gasteiger partial charge in [0.1, 0.15) is 10.8 Å². The van der Waals surface area contributed by atoms with E-state index in [1.54, 1.807) is 6.20 Å². The summed E-state index contributed by atoms with van der Waals surface area (Å²) in [6, 6.07) is 5.24. The third-order valence-electron chi connectivity index (χ3n) is 2.32. The fraction of sp³-hybridized carbons (Fsp3) is 0.250. The van der Waals surface area contributed by atoms with Crippen LogP contribution in [0.5, 0.6) is 0 Å². The number of halogens is 1. The summed E-state index contributed by atoms with van der Waals surface area (Å²) in [5, 5.41) is 2.60. The zero-order valence-corrected chi connectivity index (χ0v) is 9.51. The summed E-state index contributed by atoms with van der Waals surface area (Å²) in [6.45, 7) is 4.19. The molecule has 1 aromatic heterocycles. The lowest BCUT2D eigenvalue weighted by atomic mass is 10.0. The average molecular weight is 221 g/mol. The van der Waals surface area contributed by atoms with Crippen LogP contribution in [-0.4, -0.2) is 4.98 Å². The molecule has 0 N–H and O–H groups in total. The van der Waals surface area contributed by atoms with Crippen LogP contribution in [0.15, 0.2) is 29.8 Å². The molecule has 0 atom stereocenters. The van der Waals surface area contributed by atoms with E-state index in [0.29, 0.717) is 11.5 Å². The molecule has 1 nitrogen and oxygen atoms in total. The molecular weight excluding hydrogens is 209 g/mol. The molecule has 0 bridgehead atoms. The second-order valence-electron chi connectivity index (χ2n) is 3.73. The molecule has 0 spiro atoms. The predicted molar refractivity (Wildman–Crippen MR) is 61.6 cm³/mol. The first-order chi connectivity index (χ1) is 7.18. The Morgan fingerprint density at radius 2 is 2.13 bits per heavy atom. The molecule has 0 radical (unpaired) electrons. The summed E-state index contributed by atoms with van der Waals surface area (Å²) in [5.74, 6) is 0.207. The van der Waals surface area contributed by atoms with Gasteiger partial charge in [-0.25, -0.2) is 9.37 Å². The lowest BCUT2D eigenvalue weighted by molar-refractivity contribution is 0.629. The Morgan fingerprint density at radius 3 is 2.73 bits per heavy atom. The van der Waals surface area contributed by atoms with Gasteiger partial charge >= 0.3 is 0 Å². The summed E-state index contributed by atoms with van der Waals surface area (Å²) in [6.07, 6.45) is 1.70. The Morgan fingerprint density at radius 1 is 1.33 bits per heavy atom. The van der Waals surface area contributed by atoms with E-state index in [2.05, 4.69) is 18.8 Å². The van der Waals surface area contributed by atoms with Crippen LogP contribution >= 0.6 is 11.3 Å². The second kappa shape index (κ2) is 4.11. The first-order valence-corrected chi connectivity index (χ1v) is 5.76. The topological polar surface area (TPSA) is 12.9 Å². The number of nitrogens with zero attached hydrogens (tertiary/aromatic N) is 1. The second-order valence-corrected chi connectivity index (χ2v) is 4.63. The smallest absolute Gasteiger partial charge is 0.133 e. The van der Waals surface area contributed by atoms with Gasteiger partial charge in [0, 0.05) is 17.1 Å². The zero-order chi connectivity index (χ0) is 10.8. The van der Waals surface area contributed by atoms with Crippen molar-refractivity contribution in [1.29, 1.82) is 0 Å². The van der Waals surface area contributed by atoms with Gasteiger partial charge in [-0.05, 0) is 23.6 Å². The van der Waals surface area contributed by atoms with Crippen molar-refractivity contribution in [2.45, 2.75) is 19.8 Å². The van der Waals surface area contributed by atoms with E-state index in [0.717, 1.165) is 10.6 Å². The standard InChI is InChI=1S/C12H12FNS/c1-8(2)9-3-4-11(13)10(7-9)12-14-5-6-15-12/h3-8H,1-2H3. The maximum Gasteiger partial charge on any atom is 0.133 e. The zero-order valence-electron chi connectivity index (χ0n) is 8.70. The van der Waals surface area contributed by atoms with Crippen LogP contribution in [0.2, 0.25) is 0 Å². The molecule has 2 aromatic rings. The SMILES string of the molecule is CC(C)c1ccc(F)c(-c2nccs2)c1. The van der Waals surface area contributed by atoms with E-state index < -0.39 is 0 Å². The van der Waals surface area contributed by atoms with Crippen molar-refractivity contribution in [3.8, 4) is 10.6 Å². The molecule has 0 aliphatic rings. The molecule has 0 unspecified atom stereocenters. The minimum atomic E-state index is -0.200. The van der Waals surface area contributed by atoms with E-state index in [4.69, 9.17) is 0 Å². The Balaban J connectivity index is 2.51. The van der Waals surface area contributed by atoms with Crippen molar-refractivity contribution in [3.63, 3.8) is 0 Å². The van der Waals surface area contributed by atoms with Crippen LogP contribution in [0.25, 0.3) is 10.6 Å². The van der Waals surface area contributed by atoms with Gasteiger partial charge in [0.25, 0.3) is 0 Å². The lowest BCUT2D eigenvalue weighted by Crippen LogP contribution is -1.91. The average Bonchev–Trinajstić information content (AvgIpc) is 2.71. The highest BCUT2D eigenvalue weighted by atomic mass is 32.1. The van der Waals surface area contributed by atoms with Gasteiger partial charge in [-0.15, -0.1) is 11.3 Å². The maximum absolute atomic E-state index is 13.6. The first-order valence-electron chi connectivity index (χ1n) is 4.88. The molecule has 78 valence electrons. The van der Waals surface area contributed by atoms with Gasteiger partial charge in [0.05, 0.1) is 0 Å². The number of benzene rings is 1. The molecule has 0 amide bonds. The van der Waals surface area contributed by atoms with Crippen molar-refractivity contribution in [2.75, 3.05) is 0 Å². The number of hydrogen-bond donors (Lipinski definition) is 0. The summed E-state index contributed by atoms with van der Waals surface area (Å²) in [5.41, 5.74) is 1.75. The molecule has 1 aromatic carbocycles. The van der Waals surface area contributed by atoms with E-state index in [1.807, 2.05) is 17.5 Å². The van der Waals surface area contributed by atoms with Crippen LogP contribution in [0, 0.1) is 5.82 Å². The Labute approximate surface area is 92.6 Å². The van der Waals surface area contributed by atoms with Crippen molar-refractivity contribution >= 4 is 11.3 Å². The Kier molecular flexibility index (Phi) is 2.82. The summed E-state index contributed by atoms with van der Waals surface area (Å²) < 4.78 is 13.6. The van der Waals surface area contributed by atoms with Gasteiger partial charge in [0.15, 0.2) is 0 Å². The minimum Gasteiger partial charge on any atom is -0.244 e. The van der Waals surface area contributed by atoms with E-state index in [-0.39, 0.29) is 5.82 Å². The molecule has 3 heteroatoms. The molecule has 2 rings (SSSR count). The summed E-state index contributed by atoms with van der Waals surface area (Å²) in [7, 11) is 0. The van der Waals surface area contributed by atoms with Crippen LogP contribution in [0.3, 0.4) is 0 Å². The molecule has 0 fully saturated rings. The van der Waals surface area contributed by atoms with E-state index in [9.17, 15) is 4.39 Å². The molecule has 0 aliphatic carbocycles. The number of hydrogen-bond acceptors (Lipinski definition) is 2. The van der Waals surface area contributed by atoms with Crippen LogP contribution in [0.1, 0.15) is 25.3 Å². The van der Waals surface area contributed by atoms with Crippen molar-refractivity contribution in [2.24, 2.45) is 0 Å². The molecule has 0 aliphatic heterocycles. The number of rotatable bonds is 2. The highest BCUT2D eigenvalue weighted by molar-refractivity contribution is 7.13. The number of aromatic nitrogens is 1. The van der Waals surface area contributed by atoms with Gasteiger partial charge in [-0.3, -0.25) is 0 Å². The quantitative estimate of drug-likeness (QED) is 0.744. The third kappa shape index (κ3) is 2.07. The Bertz CT molecular complexity index is 449. The molecule has 0 saturated carbocycles. The van der Waals surface area contributed by atoms with Gasteiger partial charge in [-0.1, -0.05) is 19.9 Å². The van der Waals surface area contributed by atoms with Crippen molar-refractivity contribution in [1.82, 2.24) is 4.98 Å². The molecule has 0 saturated heterocycles. The predicted octanol–water partition coefficient (Wildman–Crippen LogP) is 4.07. The lowest BCUT2D eigenvalue weighted by Gasteiger charge is -2.07. The van der Waals surface area contributed by atoms with Gasteiger partial charge in [-0.2, -0.15) is 0 Å². The third-order valence-corrected chi connectivity index (χ3v) is 3.13. The van der Waals surface area contributed by atoms with Gasteiger partial charge in [0.2, 0.25) is 0 Å². The largest absolute Gasteiger partial charge is 0.244 e. The van der Waals surface area contributed by atoms with Crippen LogP contribution < -0.4 is 0 Å². The van der Waals surface area contributed by atoms with E-state index in [1.165, 1.54) is 17.4 Å². The van der Waals surface area contributed by atoms with Gasteiger partial charge < -0.3 is 0 Å². The minimum absolute atomic E-state index is 0.200. The maximum atomic E-state index is 13.6. The summed E-state index contributed by atoms with van der Waals surface area (Å²) >= 11 is 1.46. The van der Waals surface area contributed by atoms with E-state index >= 15 is 0 Å². The highest BCUT2D eigenvalue weighted by Crippen LogP contribution is 2.28. The van der Waals surface area contributed by atoms with Crippen molar-refractivity contribution in [3.05, 3.63) is 41.2 Å². The number of thiazole rings is 1. The molecular formula is C12H12FNS. The van der Waals surface area contributed by atoms with Crippen molar-refractivity contribution < 1.29 is 4.39 Å². The molecule has 1 heterocycles. The van der Waals surface area contributed by atoms with Crippen LogP contribution in [-0.2, 0) is 0 Å². The fourth-order valence-electron chi connectivity index (χ4n) is 1.42. The fourth-order valence-corrected chi connectivity index (χ4v) is 2.08.